The average molecular weight is 199 g/mol. The lowest BCUT2D eigenvalue weighted by Crippen LogP contribution is -2.36. The molecule has 1 aliphatic heterocycles. The van der Waals surface area contributed by atoms with Crippen molar-refractivity contribution in [3.05, 3.63) is 0 Å². The zero-order valence-electron chi connectivity index (χ0n) is 9.13. The van der Waals surface area contributed by atoms with Crippen molar-refractivity contribution < 1.29 is 9.53 Å². The van der Waals surface area contributed by atoms with Gasteiger partial charge in [-0.1, -0.05) is 6.92 Å². The maximum absolute atomic E-state index is 11.6. The molecule has 0 radical (unpaired) electrons. The second-order valence-corrected chi connectivity index (χ2v) is 3.80. The molecule has 0 aromatic carbocycles. The number of piperidine rings is 1. The van der Waals surface area contributed by atoms with Crippen LogP contribution in [0.15, 0.2) is 0 Å². The molecule has 1 saturated heterocycles. The van der Waals surface area contributed by atoms with E-state index in [0.717, 1.165) is 26.1 Å². The van der Waals surface area contributed by atoms with Crippen LogP contribution in [0.3, 0.4) is 0 Å². The van der Waals surface area contributed by atoms with Gasteiger partial charge < -0.3 is 9.64 Å². The number of nitrogens with zero attached hydrogens (tertiary/aromatic N) is 1. The Bertz CT molecular complexity index is 165. The Morgan fingerprint density at radius 3 is 2.57 bits per heavy atom. The first-order valence-corrected chi connectivity index (χ1v) is 5.70. The molecule has 0 saturated carbocycles. The molecule has 0 aromatic rings. The van der Waals surface area contributed by atoms with Crippen LogP contribution < -0.4 is 0 Å². The number of hydrogen-bond donors (Lipinski definition) is 0. The summed E-state index contributed by atoms with van der Waals surface area (Å²) >= 11 is 0. The zero-order chi connectivity index (χ0) is 10.2. The fraction of sp³-hybridized carbons (Fsp3) is 0.909. The van der Waals surface area contributed by atoms with Crippen LogP contribution in [0.2, 0.25) is 0 Å². The smallest absolute Gasteiger partial charge is 0.224 e. The van der Waals surface area contributed by atoms with E-state index in [0.29, 0.717) is 13.0 Å². The van der Waals surface area contributed by atoms with Crippen molar-refractivity contribution in [3.8, 4) is 0 Å². The molecular weight excluding hydrogens is 178 g/mol. The molecule has 0 aromatic heterocycles. The number of likely N-dealkylation sites (tertiary alicyclic amines) is 1. The van der Waals surface area contributed by atoms with E-state index in [1.54, 1.807) is 0 Å². The first kappa shape index (κ1) is 11.5. The topological polar surface area (TPSA) is 29.5 Å². The van der Waals surface area contributed by atoms with E-state index in [9.17, 15) is 4.79 Å². The van der Waals surface area contributed by atoms with Gasteiger partial charge in [-0.25, -0.2) is 0 Å². The molecule has 0 bridgehead atoms. The normalized spacial score (nSPS) is 17.1. The highest BCUT2D eigenvalue weighted by molar-refractivity contribution is 5.76. The number of carbonyl (C=O) groups is 1. The minimum Gasteiger partial charge on any atom is -0.381 e. The van der Waals surface area contributed by atoms with Crippen molar-refractivity contribution in [2.24, 2.45) is 0 Å². The van der Waals surface area contributed by atoms with Gasteiger partial charge in [0.1, 0.15) is 0 Å². The molecule has 0 atom stereocenters. The van der Waals surface area contributed by atoms with Gasteiger partial charge in [-0.05, 0) is 25.7 Å². The summed E-state index contributed by atoms with van der Waals surface area (Å²) in [4.78, 5) is 13.6. The van der Waals surface area contributed by atoms with Gasteiger partial charge in [0.05, 0.1) is 13.0 Å². The third-order valence-electron chi connectivity index (χ3n) is 2.52. The highest BCUT2D eigenvalue weighted by atomic mass is 16.5. The van der Waals surface area contributed by atoms with Gasteiger partial charge in [0, 0.05) is 19.7 Å². The van der Waals surface area contributed by atoms with E-state index in [1.165, 1.54) is 19.3 Å². The van der Waals surface area contributed by atoms with Crippen LogP contribution in [0.4, 0.5) is 0 Å². The molecule has 1 rings (SSSR count). The van der Waals surface area contributed by atoms with Crippen molar-refractivity contribution in [3.63, 3.8) is 0 Å². The lowest BCUT2D eigenvalue weighted by atomic mass is 10.1. The lowest BCUT2D eigenvalue weighted by molar-refractivity contribution is -0.133. The van der Waals surface area contributed by atoms with Crippen LogP contribution in [-0.4, -0.2) is 37.1 Å². The molecule has 0 aliphatic carbocycles. The Morgan fingerprint density at radius 2 is 1.93 bits per heavy atom. The molecule has 3 nitrogen and oxygen atoms in total. The molecule has 0 N–H and O–H groups in total. The van der Waals surface area contributed by atoms with Gasteiger partial charge in [-0.3, -0.25) is 4.79 Å². The van der Waals surface area contributed by atoms with Gasteiger partial charge in [0.2, 0.25) is 5.91 Å². The number of amides is 1. The average Bonchev–Trinajstić information content (AvgIpc) is 2.25. The predicted molar refractivity (Wildman–Crippen MR) is 56.2 cm³/mol. The standard InChI is InChI=1S/C11H21NO2/c1-2-9-14-10-6-11(13)12-7-4-3-5-8-12/h2-10H2,1H3. The number of carbonyl (C=O) groups excluding carboxylic acids is 1. The Balaban J connectivity index is 2.07. The summed E-state index contributed by atoms with van der Waals surface area (Å²) in [7, 11) is 0. The fourth-order valence-electron chi connectivity index (χ4n) is 1.71. The molecule has 1 amide bonds. The molecule has 0 spiro atoms. The summed E-state index contributed by atoms with van der Waals surface area (Å²) in [6.45, 7) is 5.34. The number of ether oxygens (including phenoxy) is 1. The molecule has 3 heteroatoms. The maximum atomic E-state index is 11.6. The quantitative estimate of drug-likeness (QED) is 0.632. The molecule has 14 heavy (non-hydrogen) atoms. The van der Waals surface area contributed by atoms with Crippen LogP contribution in [-0.2, 0) is 9.53 Å². The van der Waals surface area contributed by atoms with E-state index in [1.807, 2.05) is 4.90 Å². The first-order valence-electron chi connectivity index (χ1n) is 5.70. The first-order chi connectivity index (χ1) is 6.84. The number of rotatable bonds is 5. The summed E-state index contributed by atoms with van der Waals surface area (Å²) in [6.07, 6.45) is 5.19. The van der Waals surface area contributed by atoms with E-state index in [4.69, 9.17) is 4.74 Å². The van der Waals surface area contributed by atoms with Crippen molar-refractivity contribution in [1.82, 2.24) is 4.90 Å². The summed E-state index contributed by atoms with van der Waals surface area (Å²) in [6, 6.07) is 0. The second-order valence-electron chi connectivity index (χ2n) is 3.80. The fourth-order valence-corrected chi connectivity index (χ4v) is 1.71. The summed E-state index contributed by atoms with van der Waals surface area (Å²) < 4.78 is 5.30. The second kappa shape index (κ2) is 6.82. The van der Waals surface area contributed by atoms with E-state index >= 15 is 0 Å². The minimum atomic E-state index is 0.265. The molecule has 1 heterocycles. The molecule has 0 unspecified atom stereocenters. The number of hydrogen-bond acceptors (Lipinski definition) is 2. The van der Waals surface area contributed by atoms with Gasteiger partial charge in [0.15, 0.2) is 0 Å². The van der Waals surface area contributed by atoms with Crippen LogP contribution in [0.1, 0.15) is 39.0 Å². The van der Waals surface area contributed by atoms with Crippen molar-refractivity contribution in [2.75, 3.05) is 26.3 Å². The Labute approximate surface area is 86.4 Å². The van der Waals surface area contributed by atoms with Gasteiger partial charge >= 0.3 is 0 Å². The van der Waals surface area contributed by atoms with Crippen molar-refractivity contribution in [2.45, 2.75) is 39.0 Å². The Hall–Kier alpha value is -0.570. The molecule has 1 aliphatic rings. The largest absolute Gasteiger partial charge is 0.381 e. The van der Waals surface area contributed by atoms with Crippen LogP contribution >= 0.6 is 0 Å². The third-order valence-corrected chi connectivity index (χ3v) is 2.52. The highest BCUT2D eigenvalue weighted by Gasteiger charge is 2.15. The van der Waals surface area contributed by atoms with Crippen LogP contribution in [0, 0.1) is 0 Å². The molecule has 1 fully saturated rings. The minimum absolute atomic E-state index is 0.265. The predicted octanol–water partition coefficient (Wildman–Crippen LogP) is 1.82. The van der Waals surface area contributed by atoms with Crippen molar-refractivity contribution >= 4 is 5.91 Å². The summed E-state index contributed by atoms with van der Waals surface area (Å²) in [5.41, 5.74) is 0. The van der Waals surface area contributed by atoms with E-state index in [2.05, 4.69) is 6.92 Å². The Morgan fingerprint density at radius 1 is 1.21 bits per heavy atom. The molecular formula is C11H21NO2. The summed E-state index contributed by atoms with van der Waals surface area (Å²) in [5.74, 6) is 0.265. The third kappa shape index (κ3) is 4.09. The SMILES string of the molecule is CCCOCCC(=O)N1CCCCC1. The van der Waals surface area contributed by atoms with Gasteiger partial charge in [0.25, 0.3) is 0 Å². The zero-order valence-corrected chi connectivity index (χ0v) is 9.13. The van der Waals surface area contributed by atoms with Crippen molar-refractivity contribution in [1.29, 1.82) is 0 Å². The van der Waals surface area contributed by atoms with E-state index < -0.39 is 0 Å². The molecule has 82 valence electrons. The van der Waals surface area contributed by atoms with Gasteiger partial charge in [-0.2, -0.15) is 0 Å². The monoisotopic (exact) mass is 199 g/mol. The van der Waals surface area contributed by atoms with Crippen LogP contribution in [0.5, 0.6) is 0 Å². The summed E-state index contributed by atoms with van der Waals surface area (Å²) in [5, 5.41) is 0. The van der Waals surface area contributed by atoms with Crippen LogP contribution in [0.25, 0.3) is 0 Å². The van der Waals surface area contributed by atoms with E-state index in [-0.39, 0.29) is 5.91 Å². The highest BCUT2D eigenvalue weighted by Crippen LogP contribution is 2.09. The maximum Gasteiger partial charge on any atom is 0.224 e. The van der Waals surface area contributed by atoms with Gasteiger partial charge in [-0.15, -0.1) is 0 Å². The lowest BCUT2D eigenvalue weighted by Gasteiger charge is -2.26. The Kier molecular flexibility index (Phi) is 5.60.